The van der Waals surface area contributed by atoms with Crippen LogP contribution >= 0.6 is 0 Å². The van der Waals surface area contributed by atoms with E-state index in [1.54, 1.807) is 31.3 Å². The number of pyridine rings is 1. The van der Waals surface area contributed by atoms with Crippen molar-refractivity contribution in [3.05, 3.63) is 70.5 Å². The molecule has 0 aliphatic rings. The van der Waals surface area contributed by atoms with Gasteiger partial charge in [0, 0.05) is 30.7 Å². The summed E-state index contributed by atoms with van der Waals surface area (Å²) in [5, 5.41) is 24.7. The fraction of sp³-hybridized carbons (Fsp3) is 0.136. The van der Waals surface area contributed by atoms with Crippen molar-refractivity contribution in [2.75, 3.05) is 23.8 Å². The fourth-order valence-electron chi connectivity index (χ4n) is 3.02. The van der Waals surface area contributed by atoms with Crippen LogP contribution in [0.4, 0.5) is 17.6 Å². The molecule has 160 valence electrons. The Labute approximate surface area is 182 Å². The van der Waals surface area contributed by atoms with Gasteiger partial charge < -0.3 is 25.0 Å². The molecule has 0 saturated heterocycles. The Morgan fingerprint density at radius 2 is 1.84 bits per heavy atom. The first-order valence-electron chi connectivity index (χ1n) is 9.72. The SMILES string of the molecule is Cn1c(=O)cc(Oc2nc(NCCO)nc(Nc3ccc(C#N)cc3)n2)c2ccccc21. The monoisotopic (exact) mass is 429 g/mol. The number of hydrogen-bond acceptors (Lipinski definition) is 9. The highest BCUT2D eigenvalue weighted by Gasteiger charge is 2.13. The summed E-state index contributed by atoms with van der Waals surface area (Å²) in [6.45, 7) is 0.119. The zero-order valence-electron chi connectivity index (χ0n) is 17.1. The van der Waals surface area contributed by atoms with Gasteiger partial charge >= 0.3 is 6.01 Å². The van der Waals surface area contributed by atoms with Crippen molar-refractivity contribution in [3.63, 3.8) is 0 Å². The second-order valence-corrected chi connectivity index (χ2v) is 6.75. The molecule has 4 aromatic rings. The highest BCUT2D eigenvalue weighted by Crippen LogP contribution is 2.27. The summed E-state index contributed by atoms with van der Waals surface area (Å²) >= 11 is 0. The molecule has 32 heavy (non-hydrogen) atoms. The average Bonchev–Trinajstić information content (AvgIpc) is 2.81. The molecule has 0 bridgehead atoms. The highest BCUT2D eigenvalue weighted by molar-refractivity contribution is 5.85. The minimum absolute atomic E-state index is 0.0324. The number of nitrogens with one attached hydrogen (secondary N) is 2. The molecule has 0 aliphatic carbocycles. The van der Waals surface area contributed by atoms with E-state index in [9.17, 15) is 4.79 Å². The number of ether oxygens (including phenoxy) is 1. The molecule has 2 heterocycles. The van der Waals surface area contributed by atoms with Crippen LogP contribution < -0.4 is 20.9 Å². The van der Waals surface area contributed by atoms with Crippen molar-refractivity contribution >= 4 is 28.5 Å². The summed E-state index contributed by atoms with van der Waals surface area (Å²) in [4.78, 5) is 25.2. The Hall–Kier alpha value is -4.49. The van der Waals surface area contributed by atoms with E-state index in [0.29, 0.717) is 22.5 Å². The number of fused-ring (bicyclic) bond motifs is 1. The quantitative estimate of drug-likeness (QED) is 0.404. The van der Waals surface area contributed by atoms with Crippen molar-refractivity contribution in [2.24, 2.45) is 7.05 Å². The fourth-order valence-corrected chi connectivity index (χ4v) is 3.02. The van der Waals surface area contributed by atoms with Crippen molar-refractivity contribution < 1.29 is 9.84 Å². The summed E-state index contributed by atoms with van der Waals surface area (Å²) in [6, 6.07) is 17.5. The Morgan fingerprint density at radius 1 is 1.09 bits per heavy atom. The third-order valence-electron chi connectivity index (χ3n) is 4.60. The van der Waals surface area contributed by atoms with Crippen LogP contribution in [0.2, 0.25) is 0 Å². The first-order chi connectivity index (χ1) is 15.6. The maximum absolute atomic E-state index is 12.4. The molecule has 10 heteroatoms. The number of nitrogens with zero attached hydrogens (tertiary/aromatic N) is 5. The van der Waals surface area contributed by atoms with Crippen LogP contribution in [0.1, 0.15) is 5.56 Å². The van der Waals surface area contributed by atoms with E-state index in [1.807, 2.05) is 24.3 Å². The number of aryl methyl sites for hydroxylation is 1. The molecule has 0 fully saturated rings. The number of nitriles is 1. The lowest BCUT2D eigenvalue weighted by atomic mass is 10.2. The molecule has 4 rings (SSSR count). The van der Waals surface area contributed by atoms with Gasteiger partial charge in [0.25, 0.3) is 5.56 Å². The second-order valence-electron chi connectivity index (χ2n) is 6.75. The van der Waals surface area contributed by atoms with Crippen LogP contribution in [0.5, 0.6) is 11.8 Å². The summed E-state index contributed by atoms with van der Waals surface area (Å²) in [6.07, 6.45) is 0. The van der Waals surface area contributed by atoms with E-state index in [4.69, 9.17) is 15.1 Å². The van der Waals surface area contributed by atoms with Crippen LogP contribution in [0.25, 0.3) is 10.9 Å². The first kappa shape index (κ1) is 20.8. The molecule has 2 aromatic carbocycles. The number of anilines is 3. The summed E-state index contributed by atoms with van der Waals surface area (Å²) < 4.78 is 7.43. The van der Waals surface area contributed by atoms with E-state index >= 15 is 0 Å². The lowest BCUT2D eigenvalue weighted by Crippen LogP contribution is -2.16. The third-order valence-corrected chi connectivity index (χ3v) is 4.60. The number of benzene rings is 2. The predicted molar refractivity (Wildman–Crippen MR) is 119 cm³/mol. The number of aliphatic hydroxyl groups excluding tert-OH is 1. The minimum atomic E-state index is -0.234. The van der Waals surface area contributed by atoms with E-state index in [1.165, 1.54) is 10.6 Å². The maximum atomic E-state index is 12.4. The Kier molecular flexibility index (Phi) is 5.91. The Bertz CT molecular complexity index is 1360. The van der Waals surface area contributed by atoms with Gasteiger partial charge in [0.15, 0.2) is 0 Å². The van der Waals surface area contributed by atoms with Gasteiger partial charge in [0.1, 0.15) is 5.75 Å². The molecular formula is C22H19N7O3. The zero-order chi connectivity index (χ0) is 22.5. The number of aliphatic hydroxyl groups is 1. The van der Waals surface area contributed by atoms with Crippen molar-refractivity contribution in [1.82, 2.24) is 19.5 Å². The molecule has 0 atom stereocenters. The van der Waals surface area contributed by atoms with Gasteiger partial charge in [0.05, 0.1) is 23.8 Å². The molecule has 0 saturated carbocycles. The van der Waals surface area contributed by atoms with Gasteiger partial charge in [-0.25, -0.2) is 0 Å². The Balaban J connectivity index is 1.71. The van der Waals surface area contributed by atoms with Crippen LogP contribution in [0.3, 0.4) is 0 Å². The molecule has 2 aromatic heterocycles. The van der Waals surface area contributed by atoms with Gasteiger partial charge in [-0.3, -0.25) is 4.79 Å². The van der Waals surface area contributed by atoms with Gasteiger partial charge in [-0.1, -0.05) is 12.1 Å². The third kappa shape index (κ3) is 4.48. The van der Waals surface area contributed by atoms with Crippen LogP contribution in [-0.4, -0.2) is 37.8 Å². The molecule has 0 spiro atoms. The second kappa shape index (κ2) is 9.11. The van der Waals surface area contributed by atoms with Crippen LogP contribution in [-0.2, 0) is 7.05 Å². The maximum Gasteiger partial charge on any atom is 0.328 e. The molecule has 3 N–H and O–H groups in total. The Morgan fingerprint density at radius 3 is 2.59 bits per heavy atom. The highest BCUT2D eigenvalue weighted by atomic mass is 16.5. The van der Waals surface area contributed by atoms with Crippen molar-refractivity contribution in [3.8, 4) is 17.8 Å². The normalized spacial score (nSPS) is 10.5. The van der Waals surface area contributed by atoms with E-state index in [-0.39, 0.29) is 36.6 Å². The van der Waals surface area contributed by atoms with Crippen LogP contribution in [0, 0.1) is 11.3 Å². The number of aromatic nitrogens is 4. The molecule has 0 amide bonds. The predicted octanol–water partition coefficient (Wildman–Crippen LogP) is 2.54. The largest absolute Gasteiger partial charge is 0.423 e. The van der Waals surface area contributed by atoms with Crippen LogP contribution in [0.15, 0.2) is 59.4 Å². The molecule has 0 unspecified atom stereocenters. The minimum Gasteiger partial charge on any atom is -0.423 e. The lowest BCUT2D eigenvalue weighted by molar-refractivity contribution is 0.310. The van der Waals surface area contributed by atoms with Gasteiger partial charge in [-0.15, -0.1) is 0 Å². The standard InChI is InChI=1S/C22H19N7O3/c1-29-17-5-3-2-4-16(17)18(12-19(29)31)32-22-27-20(24-10-11-30)26-21(28-22)25-15-8-6-14(13-23)7-9-15/h2-9,12,30H,10-11H2,1H3,(H2,24,25,26,27,28). The number of para-hydroxylation sites is 1. The van der Waals surface area contributed by atoms with E-state index in [0.717, 1.165) is 5.39 Å². The van der Waals surface area contributed by atoms with Crippen molar-refractivity contribution in [1.29, 1.82) is 5.26 Å². The first-order valence-corrected chi connectivity index (χ1v) is 9.72. The molecule has 0 radical (unpaired) electrons. The van der Waals surface area contributed by atoms with Gasteiger partial charge in [-0.2, -0.15) is 20.2 Å². The topological polar surface area (TPSA) is 138 Å². The number of rotatable bonds is 7. The lowest BCUT2D eigenvalue weighted by Gasteiger charge is -2.12. The average molecular weight is 429 g/mol. The van der Waals surface area contributed by atoms with Crippen molar-refractivity contribution in [2.45, 2.75) is 0 Å². The van der Waals surface area contributed by atoms with Gasteiger partial charge in [0.2, 0.25) is 11.9 Å². The number of hydrogen-bond donors (Lipinski definition) is 3. The summed E-state index contributed by atoms with van der Waals surface area (Å²) in [5.74, 6) is 0.689. The molecule has 10 nitrogen and oxygen atoms in total. The molecule has 0 aliphatic heterocycles. The summed E-state index contributed by atoms with van der Waals surface area (Å²) in [5.41, 5.74) is 1.66. The smallest absolute Gasteiger partial charge is 0.328 e. The van der Waals surface area contributed by atoms with E-state index < -0.39 is 0 Å². The summed E-state index contributed by atoms with van der Waals surface area (Å²) in [7, 11) is 1.69. The van der Waals surface area contributed by atoms with Gasteiger partial charge in [-0.05, 0) is 36.4 Å². The zero-order valence-corrected chi connectivity index (χ0v) is 17.1. The molecular weight excluding hydrogens is 410 g/mol. The van der Waals surface area contributed by atoms with E-state index in [2.05, 4.69) is 31.7 Å².